The molecule has 0 aromatic heterocycles. The minimum Gasteiger partial charge on any atom is -0.281 e. The summed E-state index contributed by atoms with van der Waals surface area (Å²) in [5, 5.41) is -0.472. The first-order valence-corrected chi connectivity index (χ1v) is 5.38. The zero-order valence-electron chi connectivity index (χ0n) is 8.21. The molecule has 0 bridgehead atoms. The summed E-state index contributed by atoms with van der Waals surface area (Å²) in [6.45, 7) is 8.50. The van der Waals surface area contributed by atoms with Crippen molar-refractivity contribution in [2.45, 2.75) is 45.5 Å². The lowest BCUT2D eigenvalue weighted by Crippen LogP contribution is -2.37. The highest BCUT2D eigenvalue weighted by Gasteiger charge is 2.19. The van der Waals surface area contributed by atoms with Gasteiger partial charge >= 0.3 is 0 Å². The number of hydrogen-bond donors (Lipinski definition) is 1. The van der Waals surface area contributed by atoms with Gasteiger partial charge in [-0.2, -0.15) is 0 Å². The summed E-state index contributed by atoms with van der Waals surface area (Å²) >= 11 is 0. The average molecular weight is 195 g/mol. The van der Waals surface area contributed by atoms with Crippen LogP contribution in [-0.4, -0.2) is 19.3 Å². The smallest absolute Gasteiger partial charge is 0.235 e. The maximum Gasteiger partial charge on any atom is 0.235 e. The Labute approximate surface area is 74.3 Å². The van der Waals surface area contributed by atoms with Gasteiger partial charge in [-0.15, -0.1) is 0 Å². The summed E-state index contributed by atoms with van der Waals surface area (Å²) in [6.07, 6.45) is 0. The number of nitrogens with one attached hydrogen (secondary N) is 1. The van der Waals surface area contributed by atoms with Crippen LogP contribution in [0.4, 0.5) is 0 Å². The standard InChI is InChI=1S/C7H17NO3S/c1-6(2)12(9,10)8-11-7(3,4)5/h6,8H,1-5H3. The Hall–Kier alpha value is -0.130. The number of rotatable bonds is 3. The van der Waals surface area contributed by atoms with Crippen molar-refractivity contribution in [1.29, 1.82) is 0 Å². The molecule has 5 heteroatoms. The van der Waals surface area contributed by atoms with Gasteiger partial charge in [0.25, 0.3) is 0 Å². The Morgan fingerprint density at radius 2 is 1.67 bits per heavy atom. The van der Waals surface area contributed by atoms with Crippen LogP contribution < -0.4 is 4.89 Å². The topological polar surface area (TPSA) is 55.4 Å². The molecule has 74 valence electrons. The lowest BCUT2D eigenvalue weighted by molar-refractivity contribution is -0.0360. The van der Waals surface area contributed by atoms with E-state index in [1.54, 1.807) is 34.6 Å². The third kappa shape index (κ3) is 4.69. The lowest BCUT2D eigenvalue weighted by Gasteiger charge is -2.20. The van der Waals surface area contributed by atoms with Crippen molar-refractivity contribution in [2.75, 3.05) is 0 Å². The quantitative estimate of drug-likeness (QED) is 0.685. The van der Waals surface area contributed by atoms with Crippen molar-refractivity contribution in [3.8, 4) is 0 Å². The fourth-order valence-electron chi connectivity index (χ4n) is 0.279. The van der Waals surface area contributed by atoms with E-state index < -0.39 is 20.9 Å². The predicted molar refractivity (Wildman–Crippen MR) is 48.0 cm³/mol. The van der Waals surface area contributed by atoms with Gasteiger partial charge in [0.1, 0.15) is 0 Å². The van der Waals surface area contributed by atoms with Gasteiger partial charge in [-0.1, -0.05) is 4.89 Å². The first kappa shape index (κ1) is 11.9. The Kier molecular flexibility index (Phi) is 3.68. The third-order valence-corrected chi connectivity index (χ3v) is 2.64. The monoisotopic (exact) mass is 195 g/mol. The van der Waals surface area contributed by atoms with Gasteiger partial charge in [-0.25, -0.2) is 8.42 Å². The second-order valence-corrected chi connectivity index (χ2v) is 6.09. The maximum absolute atomic E-state index is 11.1. The Morgan fingerprint density at radius 1 is 1.25 bits per heavy atom. The van der Waals surface area contributed by atoms with Crippen molar-refractivity contribution in [1.82, 2.24) is 4.89 Å². The number of sulfonamides is 1. The van der Waals surface area contributed by atoms with Gasteiger partial charge in [0.2, 0.25) is 10.0 Å². The van der Waals surface area contributed by atoms with Gasteiger partial charge < -0.3 is 0 Å². The van der Waals surface area contributed by atoms with Gasteiger partial charge in [0.05, 0.1) is 10.9 Å². The van der Waals surface area contributed by atoms with E-state index >= 15 is 0 Å². The van der Waals surface area contributed by atoms with Crippen LogP contribution in [0, 0.1) is 0 Å². The van der Waals surface area contributed by atoms with E-state index in [1.807, 2.05) is 0 Å². The zero-order valence-corrected chi connectivity index (χ0v) is 9.03. The van der Waals surface area contributed by atoms with E-state index in [9.17, 15) is 8.42 Å². The second kappa shape index (κ2) is 3.72. The van der Waals surface area contributed by atoms with E-state index in [0.29, 0.717) is 0 Å². The number of hydrogen-bond acceptors (Lipinski definition) is 3. The molecule has 0 fully saturated rings. The molecule has 0 aromatic rings. The summed E-state index contributed by atoms with van der Waals surface area (Å²) in [5.74, 6) is 0. The van der Waals surface area contributed by atoms with Crippen molar-refractivity contribution in [3.63, 3.8) is 0 Å². The van der Waals surface area contributed by atoms with Crippen LogP contribution in [0.15, 0.2) is 0 Å². The molecule has 0 aliphatic carbocycles. The molecule has 0 spiro atoms. The minimum absolute atomic E-state index is 0.472. The summed E-state index contributed by atoms with van der Waals surface area (Å²) in [4.78, 5) is 6.99. The fraction of sp³-hybridized carbons (Fsp3) is 1.00. The summed E-state index contributed by atoms with van der Waals surface area (Å²) < 4.78 is 22.3. The van der Waals surface area contributed by atoms with E-state index in [0.717, 1.165) is 0 Å². The van der Waals surface area contributed by atoms with Crippen LogP contribution in [0.3, 0.4) is 0 Å². The normalized spacial score (nSPS) is 13.8. The third-order valence-electron chi connectivity index (χ3n) is 1.08. The van der Waals surface area contributed by atoms with Crippen LogP contribution in [0.25, 0.3) is 0 Å². The summed E-state index contributed by atoms with van der Waals surface area (Å²) in [6, 6.07) is 0. The molecule has 0 atom stereocenters. The van der Waals surface area contributed by atoms with Gasteiger partial charge in [0, 0.05) is 0 Å². The molecular weight excluding hydrogens is 178 g/mol. The molecule has 4 nitrogen and oxygen atoms in total. The van der Waals surface area contributed by atoms with E-state index in [-0.39, 0.29) is 0 Å². The van der Waals surface area contributed by atoms with Crippen LogP contribution in [0.1, 0.15) is 34.6 Å². The molecule has 0 aliphatic rings. The van der Waals surface area contributed by atoms with Crippen molar-refractivity contribution in [3.05, 3.63) is 0 Å². The minimum atomic E-state index is -3.30. The molecule has 1 N–H and O–H groups in total. The van der Waals surface area contributed by atoms with E-state index in [4.69, 9.17) is 4.84 Å². The first-order valence-electron chi connectivity index (χ1n) is 3.84. The second-order valence-electron chi connectivity index (χ2n) is 3.89. The Bertz CT molecular complexity index is 226. The molecule has 0 heterocycles. The van der Waals surface area contributed by atoms with Gasteiger partial charge in [-0.3, -0.25) is 4.84 Å². The highest BCUT2D eigenvalue weighted by molar-refractivity contribution is 7.89. The Morgan fingerprint density at radius 3 is 1.92 bits per heavy atom. The molecule has 0 saturated heterocycles. The molecule has 0 aliphatic heterocycles. The largest absolute Gasteiger partial charge is 0.281 e. The molecule has 0 aromatic carbocycles. The van der Waals surface area contributed by atoms with Crippen LogP contribution in [-0.2, 0) is 14.9 Å². The van der Waals surface area contributed by atoms with Crippen LogP contribution in [0.5, 0.6) is 0 Å². The first-order chi connectivity index (χ1) is 5.15. The molecule has 0 amide bonds. The molecule has 12 heavy (non-hydrogen) atoms. The molecular formula is C7H17NO3S. The fourth-order valence-corrected chi connectivity index (χ4v) is 0.838. The SMILES string of the molecule is CC(C)S(=O)(=O)NOC(C)(C)C. The summed E-state index contributed by atoms with van der Waals surface area (Å²) in [7, 11) is -3.30. The predicted octanol–water partition coefficient (Wildman–Crippen LogP) is 1.04. The average Bonchev–Trinajstić information content (AvgIpc) is 1.82. The van der Waals surface area contributed by atoms with E-state index in [2.05, 4.69) is 4.89 Å². The van der Waals surface area contributed by atoms with Crippen molar-refractivity contribution in [2.24, 2.45) is 0 Å². The molecule has 0 unspecified atom stereocenters. The van der Waals surface area contributed by atoms with Crippen LogP contribution >= 0.6 is 0 Å². The highest BCUT2D eigenvalue weighted by Crippen LogP contribution is 2.06. The molecule has 0 rings (SSSR count). The van der Waals surface area contributed by atoms with E-state index in [1.165, 1.54) is 0 Å². The van der Waals surface area contributed by atoms with Crippen LogP contribution in [0.2, 0.25) is 0 Å². The Balaban J connectivity index is 4.12. The highest BCUT2D eigenvalue weighted by atomic mass is 32.2. The molecule has 0 radical (unpaired) electrons. The van der Waals surface area contributed by atoms with Crippen molar-refractivity contribution < 1.29 is 13.3 Å². The lowest BCUT2D eigenvalue weighted by atomic mass is 10.2. The van der Waals surface area contributed by atoms with Gasteiger partial charge in [-0.05, 0) is 34.6 Å². The molecule has 0 saturated carbocycles. The summed E-state index contributed by atoms with van der Waals surface area (Å²) in [5.41, 5.74) is -0.498. The maximum atomic E-state index is 11.1. The van der Waals surface area contributed by atoms with Crippen molar-refractivity contribution >= 4 is 10.0 Å². The zero-order chi connectivity index (χ0) is 9.99. The van der Waals surface area contributed by atoms with Gasteiger partial charge in [0.15, 0.2) is 0 Å².